The lowest BCUT2D eigenvalue weighted by Gasteiger charge is -2.21. The first-order valence-corrected chi connectivity index (χ1v) is 11.4. The maximum atomic E-state index is 13.0. The van der Waals surface area contributed by atoms with Crippen LogP contribution in [0.3, 0.4) is 0 Å². The molecule has 0 aliphatic heterocycles. The fraction of sp³-hybridized carbons (Fsp3) is 0.296. The predicted molar refractivity (Wildman–Crippen MR) is 132 cm³/mol. The van der Waals surface area contributed by atoms with Gasteiger partial charge in [0.05, 0.1) is 11.3 Å². The molecule has 0 aromatic heterocycles. The third-order valence-corrected chi connectivity index (χ3v) is 5.58. The standard InChI is InChI=1S/C27H30N2O5/c1-3-4-14-23(26(31)32)29-25(30)18(2)28-24-21-13-9-8-12-20(21)15-16-22(24)27(33)34-17-19-10-6-5-7-11-19/h5-13,15-16,18,23,28H,3-4,14,17H2,1-2H3,(H,29,30)(H,31,32)/t18-,23-/m0/s1. The Balaban J connectivity index is 1.82. The number of nitrogens with one attached hydrogen (secondary N) is 2. The molecule has 34 heavy (non-hydrogen) atoms. The Morgan fingerprint density at radius 3 is 2.38 bits per heavy atom. The monoisotopic (exact) mass is 462 g/mol. The van der Waals surface area contributed by atoms with E-state index < -0.39 is 29.9 Å². The molecule has 0 bridgehead atoms. The van der Waals surface area contributed by atoms with Crippen molar-refractivity contribution < 1.29 is 24.2 Å². The number of hydrogen-bond acceptors (Lipinski definition) is 5. The van der Waals surface area contributed by atoms with Crippen molar-refractivity contribution in [3.63, 3.8) is 0 Å². The minimum atomic E-state index is -1.07. The molecule has 7 nitrogen and oxygen atoms in total. The largest absolute Gasteiger partial charge is 0.480 e. The molecule has 3 aromatic rings. The molecule has 7 heteroatoms. The lowest BCUT2D eigenvalue weighted by Crippen LogP contribution is -2.46. The van der Waals surface area contributed by atoms with Gasteiger partial charge in [-0.25, -0.2) is 9.59 Å². The summed E-state index contributed by atoms with van der Waals surface area (Å²) in [5, 5.41) is 16.8. The number of esters is 1. The minimum Gasteiger partial charge on any atom is -0.480 e. The van der Waals surface area contributed by atoms with Crippen LogP contribution in [0.4, 0.5) is 5.69 Å². The van der Waals surface area contributed by atoms with E-state index in [-0.39, 0.29) is 6.61 Å². The van der Waals surface area contributed by atoms with Crippen molar-refractivity contribution in [2.75, 3.05) is 5.32 Å². The van der Waals surface area contributed by atoms with Crippen LogP contribution in [0.5, 0.6) is 0 Å². The molecule has 0 radical (unpaired) electrons. The van der Waals surface area contributed by atoms with E-state index in [2.05, 4.69) is 10.6 Å². The molecule has 3 rings (SSSR count). The van der Waals surface area contributed by atoms with Gasteiger partial charge in [-0.1, -0.05) is 80.4 Å². The first-order chi connectivity index (χ1) is 16.4. The molecule has 178 valence electrons. The highest BCUT2D eigenvalue weighted by Crippen LogP contribution is 2.29. The molecule has 3 N–H and O–H groups in total. The van der Waals surface area contributed by atoms with Crippen LogP contribution >= 0.6 is 0 Å². The first kappa shape index (κ1) is 24.8. The summed E-state index contributed by atoms with van der Waals surface area (Å²) in [7, 11) is 0. The van der Waals surface area contributed by atoms with Gasteiger partial charge < -0.3 is 20.5 Å². The molecule has 0 saturated carbocycles. The lowest BCUT2D eigenvalue weighted by molar-refractivity contribution is -0.142. The number of hydrogen-bond donors (Lipinski definition) is 3. The average molecular weight is 463 g/mol. The highest BCUT2D eigenvalue weighted by Gasteiger charge is 2.24. The third kappa shape index (κ3) is 6.34. The SMILES string of the molecule is CCCC[C@H](NC(=O)[C@H](C)Nc1c(C(=O)OCc2ccccc2)ccc2ccccc12)C(=O)O. The Morgan fingerprint density at radius 1 is 0.971 bits per heavy atom. The van der Waals surface area contributed by atoms with Crippen molar-refractivity contribution in [1.29, 1.82) is 0 Å². The Labute approximate surface area is 199 Å². The number of anilines is 1. The van der Waals surface area contributed by atoms with Crippen LogP contribution in [0.25, 0.3) is 10.8 Å². The van der Waals surface area contributed by atoms with E-state index in [0.29, 0.717) is 24.1 Å². The molecule has 0 aliphatic rings. The minimum absolute atomic E-state index is 0.125. The number of fused-ring (bicyclic) bond motifs is 1. The molecule has 3 aromatic carbocycles. The molecule has 2 atom stereocenters. The maximum absolute atomic E-state index is 13.0. The normalized spacial score (nSPS) is 12.5. The van der Waals surface area contributed by atoms with Crippen LogP contribution in [0.2, 0.25) is 0 Å². The van der Waals surface area contributed by atoms with Gasteiger partial charge in [0.15, 0.2) is 0 Å². The summed E-state index contributed by atoms with van der Waals surface area (Å²) < 4.78 is 5.53. The van der Waals surface area contributed by atoms with Crippen LogP contribution in [-0.2, 0) is 20.9 Å². The quantitative estimate of drug-likeness (QED) is 0.355. The van der Waals surface area contributed by atoms with Crippen LogP contribution < -0.4 is 10.6 Å². The summed E-state index contributed by atoms with van der Waals surface area (Å²) in [6.07, 6.45) is 1.88. The second kappa shape index (κ2) is 11.8. The number of carbonyl (C=O) groups is 3. The first-order valence-electron chi connectivity index (χ1n) is 11.4. The van der Waals surface area contributed by atoms with Gasteiger partial charge in [0.2, 0.25) is 5.91 Å². The summed E-state index contributed by atoms with van der Waals surface area (Å²) >= 11 is 0. The second-order valence-corrected chi connectivity index (χ2v) is 8.18. The Bertz CT molecular complexity index is 1150. The van der Waals surface area contributed by atoms with Gasteiger partial charge in [-0.3, -0.25) is 4.79 Å². The van der Waals surface area contributed by atoms with Crippen molar-refractivity contribution in [3.05, 3.63) is 77.9 Å². The highest BCUT2D eigenvalue weighted by molar-refractivity contribution is 6.07. The summed E-state index contributed by atoms with van der Waals surface area (Å²) in [6.45, 7) is 3.72. The van der Waals surface area contributed by atoms with E-state index >= 15 is 0 Å². The summed E-state index contributed by atoms with van der Waals surface area (Å²) in [6, 6.07) is 18.6. The number of carboxylic acids is 1. The number of unbranched alkanes of at least 4 members (excludes halogenated alkanes) is 1. The lowest BCUT2D eigenvalue weighted by atomic mass is 10.0. The summed E-state index contributed by atoms with van der Waals surface area (Å²) in [5.74, 6) is -2.04. The van der Waals surface area contributed by atoms with Crippen molar-refractivity contribution in [1.82, 2.24) is 5.32 Å². The fourth-order valence-electron chi connectivity index (χ4n) is 3.64. The van der Waals surface area contributed by atoms with Gasteiger partial charge in [-0.15, -0.1) is 0 Å². The third-order valence-electron chi connectivity index (χ3n) is 5.58. The smallest absolute Gasteiger partial charge is 0.340 e. The number of ether oxygens (including phenoxy) is 1. The van der Waals surface area contributed by atoms with Gasteiger partial charge in [-0.05, 0) is 30.4 Å². The zero-order valence-electron chi connectivity index (χ0n) is 19.4. The van der Waals surface area contributed by atoms with Gasteiger partial charge in [-0.2, -0.15) is 0 Å². The number of benzene rings is 3. The maximum Gasteiger partial charge on any atom is 0.340 e. The summed E-state index contributed by atoms with van der Waals surface area (Å²) in [4.78, 5) is 37.3. The molecule has 0 heterocycles. The van der Waals surface area contributed by atoms with E-state index in [9.17, 15) is 19.5 Å². The Morgan fingerprint density at radius 2 is 1.68 bits per heavy atom. The second-order valence-electron chi connectivity index (χ2n) is 8.18. The van der Waals surface area contributed by atoms with E-state index in [1.54, 1.807) is 13.0 Å². The van der Waals surface area contributed by atoms with Crippen LogP contribution in [0.15, 0.2) is 66.7 Å². The number of carbonyl (C=O) groups excluding carboxylic acids is 2. The zero-order chi connectivity index (χ0) is 24.5. The summed E-state index contributed by atoms with van der Waals surface area (Å²) in [5.41, 5.74) is 1.64. The van der Waals surface area contributed by atoms with Crippen molar-refractivity contribution in [2.45, 2.75) is 51.8 Å². The molecule has 0 saturated heterocycles. The van der Waals surface area contributed by atoms with Gasteiger partial charge in [0.25, 0.3) is 0 Å². The fourth-order valence-corrected chi connectivity index (χ4v) is 3.64. The zero-order valence-corrected chi connectivity index (χ0v) is 19.4. The Hall–Kier alpha value is -3.87. The van der Waals surface area contributed by atoms with Gasteiger partial charge in [0, 0.05) is 5.39 Å². The molecular weight excluding hydrogens is 432 g/mol. The van der Waals surface area contributed by atoms with Crippen LogP contribution in [0, 0.1) is 0 Å². The van der Waals surface area contributed by atoms with E-state index in [4.69, 9.17) is 4.74 Å². The molecule has 0 unspecified atom stereocenters. The van der Waals surface area contributed by atoms with Gasteiger partial charge >= 0.3 is 11.9 Å². The van der Waals surface area contributed by atoms with E-state index in [0.717, 1.165) is 22.8 Å². The van der Waals surface area contributed by atoms with Crippen molar-refractivity contribution >= 4 is 34.3 Å². The number of rotatable bonds is 11. The van der Waals surface area contributed by atoms with Crippen molar-refractivity contribution in [2.24, 2.45) is 0 Å². The average Bonchev–Trinajstić information content (AvgIpc) is 2.85. The highest BCUT2D eigenvalue weighted by atomic mass is 16.5. The number of amides is 1. The number of carboxylic acid groups (broad SMARTS) is 1. The molecular formula is C27H30N2O5. The molecule has 1 amide bonds. The van der Waals surface area contributed by atoms with E-state index in [1.165, 1.54) is 0 Å². The van der Waals surface area contributed by atoms with Crippen molar-refractivity contribution in [3.8, 4) is 0 Å². The van der Waals surface area contributed by atoms with Crippen LogP contribution in [-0.4, -0.2) is 35.0 Å². The molecule has 0 fully saturated rings. The van der Waals surface area contributed by atoms with E-state index in [1.807, 2.05) is 67.6 Å². The number of aliphatic carboxylic acids is 1. The molecule has 0 spiro atoms. The van der Waals surface area contributed by atoms with Gasteiger partial charge in [0.1, 0.15) is 18.7 Å². The molecule has 0 aliphatic carbocycles. The van der Waals surface area contributed by atoms with Crippen LogP contribution in [0.1, 0.15) is 49.0 Å². The Kier molecular flexibility index (Phi) is 8.62. The predicted octanol–water partition coefficient (Wildman–Crippen LogP) is 4.76. The topological polar surface area (TPSA) is 105 Å².